The van der Waals surface area contributed by atoms with Crippen molar-refractivity contribution in [1.82, 2.24) is 14.9 Å². The van der Waals surface area contributed by atoms with Crippen molar-refractivity contribution in [3.05, 3.63) is 54.2 Å². The molecule has 2 aromatic heterocycles. The summed E-state index contributed by atoms with van der Waals surface area (Å²) in [6.45, 7) is 10.6. The van der Waals surface area contributed by atoms with E-state index in [-0.39, 0.29) is 0 Å². The molecule has 0 fully saturated rings. The van der Waals surface area contributed by atoms with Crippen molar-refractivity contribution >= 4 is 27.6 Å². The van der Waals surface area contributed by atoms with Gasteiger partial charge in [0.15, 0.2) is 0 Å². The van der Waals surface area contributed by atoms with Gasteiger partial charge >= 0.3 is 0 Å². The predicted octanol–water partition coefficient (Wildman–Crippen LogP) is 6.81. The highest BCUT2D eigenvalue weighted by molar-refractivity contribution is 6.08. The number of aromatic nitrogens is 2. The van der Waals surface area contributed by atoms with Crippen LogP contribution in [0, 0.1) is 0 Å². The topological polar surface area (TPSA) is 67.2 Å². The fourth-order valence-electron chi connectivity index (χ4n) is 4.56. The molecule has 4 rings (SSSR count). The van der Waals surface area contributed by atoms with Crippen LogP contribution >= 0.6 is 0 Å². The van der Waals surface area contributed by atoms with E-state index in [1.807, 2.05) is 0 Å². The van der Waals surface area contributed by atoms with Crippen molar-refractivity contribution in [3.63, 3.8) is 0 Å². The summed E-state index contributed by atoms with van der Waals surface area (Å²) in [5, 5.41) is 2.24. The van der Waals surface area contributed by atoms with Crippen LogP contribution in [0.1, 0.15) is 52.1 Å². The maximum atomic E-state index is 6.37. The first-order chi connectivity index (χ1) is 16.6. The fraction of sp³-hybridized carbons (Fsp3) is 0.414. The lowest BCUT2D eigenvalue weighted by Crippen LogP contribution is -2.25. The molecule has 5 heteroatoms. The van der Waals surface area contributed by atoms with Crippen LogP contribution in [0.2, 0.25) is 0 Å². The molecule has 0 atom stereocenters. The Morgan fingerprint density at radius 3 is 2.38 bits per heavy atom. The van der Waals surface area contributed by atoms with Crippen LogP contribution in [0.15, 0.2) is 48.5 Å². The second-order valence-corrected chi connectivity index (χ2v) is 9.02. The SMILES string of the molecule is CCCCCc1nc2[nH]c3ccc(-c4ccc(OCCCN(CC)CC)cc4)cc3c2cc1N. The van der Waals surface area contributed by atoms with E-state index in [4.69, 9.17) is 15.5 Å². The van der Waals surface area contributed by atoms with Crippen LogP contribution in [0.4, 0.5) is 5.69 Å². The average Bonchev–Trinajstić information content (AvgIpc) is 3.21. The molecule has 0 bridgehead atoms. The van der Waals surface area contributed by atoms with E-state index in [2.05, 4.69) is 79.2 Å². The number of anilines is 1. The quantitative estimate of drug-likeness (QED) is 0.229. The molecule has 0 spiro atoms. The Bertz CT molecular complexity index is 1210. The number of benzene rings is 2. The Hall–Kier alpha value is -3.05. The molecular weight excluding hydrogens is 420 g/mol. The number of nitrogens with zero attached hydrogens (tertiary/aromatic N) is 2. The summed E-state index contributed by atoms with van der Waals surface area (Å²) in [6, 6.07) is 17.0. The zero-order chi connectivity index (χ0) is 23.9. The Balaban J connectivity index is 1.48. The minimum atomic E-state index is 0.742. The number of aromatic amines is 1. The van der Waals surface area contributed by atoms with E-state index in [1.165, 1.54) is 24.0 Å². The molecule has 4 aromatic rings. The zero-order valence-electron chi connectivity index (χ0n) is 20.9. The number of hydrogen-bond acceptors (Lipinski definition) is 4. The summed E-state index contributed by atoms with van der Waals surface area (Å²) in [7, 11) is 0. The van der Waals surface area contributed by atoms with Gasteiger partial charge in [-0.1, -0.05) is 51.8 Å². The Kier molecular flexibility index (Phi) is 8.07. The summed E-state index contributed by atoms with van der Waals surface area (Å²) in [6.07, 6.45) is 5.49. The third-order valence-corrected chi connectivity index (χ3v) is 6.68. The lowest BCUT2D eigenvalue weighted by Gasteiger charge is -2.17. The second kappa shape index (κ2) is 11.4. The van der Waals surface area contributed by atoms with Gasteiger partial charge in [-0.15, -0.1) is 0 Å². The minimum absolute atomic E-state index is 0.742. The molecular formula is C29H38N4O. The van der Waals surface area contributed by atoms with E-state index in [9.17, 15) is 0 Å². The lowest BCUT2D eigenvalue weighted by atomic mass is 10.0. The Morgan fingerprint density at radius 1 is 0.882 bits per heavy atom. The van der Waals surface area contributed by atoms with Gasteiger partial charge in [-0.3, -0.25) is 0 Å². The molecule has 0 saturated heterocycles. The number of nitrogens with two attached hydrogens (primary N) is 1. The number of unbranched alkanes of at least 4 members (excludes halogenated alkanes) is 2. The number of hydrogen-bond donors (Lipinski definition) is 2. The molecule has 0 amide bonds. The molecule has 5 nitrogen and oxygen atoms in total. The van der Waals surface area contributed by atoms with Gasteiger partial charge in [-0.25, -0.2) is 4.98 Å². The first-order valence-electron chi connectivity index (χ1n) is 12.8. The molecule has 0 aliphatic heterocycles. The summed E-state index contributed by atoms with van der Waals surface area (Å²) in [5.74, 6) is 0.920. The highest BCUT2D eigenvalue weighted by Crippen LogP contribution is 2.32. The third kappa shape index (κ3) is 5.53. The van der Waals surface area contributed by atoms with Crippen LogP contribution in [0.3, 0.4) is 0 Å². The smallest absolute Gasteiger partial charge is 0.138 e. The van der Waals surface area contributed by atoms with Gasteiger partial charge in [0.05, 0.1) is 18.0 Å². The highest BCUT2D eigenvalue weighted by Gasteiger charge is 2.11. The second-order valence-electron chi connectivity index (χ2n) is 9.02. The molecule has 34 heavy (non-hydrogen) atoms. The number of H-pyrrole nitrogens is 1. The number of aryl methyl sites for hydroxylation is 1. The molecule has 0 unspecified atom stereocenters. The first-order valence-corrected chi connectivity index (χ1v) is 12.8. The van der Waals surface area contributed by atoms with Crippen LogP contribution < -0.4 is 10.5 Å². The molecule has 0 aliphatic rings. The van der Waals surface area contributed by atoms with E-state index in [1.54, 1.807) is 0 Å². The number of pyridine rings is 1. The Labute approximate surface area is 203 Å². The van der Waals surface area contributed by atoms with Crippen molar-refractivity contribution in [1.29, 1.82) is 0 Å². The highest BCUT2D eigenvalue weighted by atomic mass is 16.5. The predicted molar refractivity (Wildman–Crippen MR) is 145 cm³/mol. The molecule has 0 radical (unpaired) electrons. The lowest BCUT2D eigenvalue weighted by molar-refractivity contribution is 0.249. The van der Waals surface area contributed by atoms with E-state index in [0.717, 1.165) is 84.6 Å². The summed E-state index contributed by atoms with van der Waals surface area (Å²) in [5.41, 5.74) is 12.5. The fourth-order valence-corrected chi connectivity index (χ4v) is 4.56. The van der Waals surface area contributed by atoms with Gasteiger partial charge in [0.2, 0.25) is 0 Å². The molecule has 2 heterocycles. The van der Waals surface area contributed by atoms with E-state index >= 15 is 0 Å². The molecule has 0 saturated carbocycles. The molecule has 3 N–H and O–H groups in total. The van der Waals surface area contributed by atoms with Crippen molar-refractivity contribution in [2.24, 2.45) is 0 Å². The summed E-state index contributed by atoms with van der Waals surface area (Å²) in [4.78, 5) is 10.8. The van der Waals surface area contributed by atoms with Gasteiger partial charge in [0.25, 0.3) is 0 Å². The van der Waals surface area contributed by atoms with E-state index in [0.29, 0.717) is 0 Å². The Morgan fingerprint density at radius 2 is 1.65 bits per heavy atom. The van der Waals surface area contributed by atoms with Crippen molar-refractivity contribution in [2.75, 3.05) is 32.0 Å². The maximum absolute atomic E-state index is 6.37. The molecule has 180 valence electrons. The van der Waals surface area contributed by atoms with Crippen molar-refractivity contribution in [2.45, 2.75) is 52.9 Å². The van der Waals surface area contributed by atoms with Gasteiger partial charge in [0, 0.05) is 22.8 Å². The minimum Gasteiger partial charge on any atom is -0.494 e. The van der Waals surface area contributed by atoms with Crippen molar-refractivity contribution < 1.29 is 4.74 Å². The maximum Gasteiger partial charge on any atom is 0.138 e. The standard InChI is InChI=1S/C29H38N4O/c1-4-7-8-10-28-26(30)20-25-24-19-22(13-16-27(24)31-29(25)32-28)21-11-14-23(15-12-21)34-18-9-17-33(5-2)6-3/h11-16,19-20H,4-10,17-18,30H2,1-3H3,(H,31,32). The number of nitrogens with one attached hydrogen (secondary N) is 1. The van der Waals surface area contributed by atoms with Gasteiger partial charge < -0.3 is 20.4 Å². The van der Waals surface area contributed by atoms with Crippen LogP contribution in [-0.2, 0) is 6.42 Å². The van der Waals surface area contributed by atoms with Crippen LogP contribution in [0.5, 0.6) is 5.75 Å². The molecule has 2 aromatic carbocycles. The van der Waals surface area contributed by atoms with E-state index < -0.39 is 0 Å². The summed E-state index contributed by atoms with van der Waals surface area (Å²) < 4.78 is 5.96. The number of fused-ring (bicyclic) bond motifs is 3. The van der Waals surface area contributed by atoms with Gasteiger partial charge in [0.1, 0.15) is 11.4 Å². The summed E-state index contributed by atoms with van der Waals surface area (Å²) >= 11 is 0. The zero-order valence-corrected chi connectivity index (χ0v) is 20.9. The van der Waals surface area contributed by atoms with Crippen molar-refractivity contribution in [3.8, 4) is 16.9 Å². The van der Waals surface area contributed by atoms with Gasteiger partial charge in [-0.05, 0) is 73.8 Å². The third-order valence-electron chi connectivity index (χ3n) is 6.68. The molecule has 0 aliphatic carbocycles. The van der Waals surface area contributed by atoms with Gasteiger partial charge in [-0.2, -0.15) is 0 Å². The first kappa shape index (κ1) is 24.1. The monoisotopic (exact) mass is 458 g/mol. The average molecular weight is 459 g/mol. The normalized spacial score (nSPS) is 11.6. The van der Waals surface area contributed by atoms with Crippen LogP contribution in [-0.4, -0.2) is 41.1 Å². The number of rotatable bonds is 12. The van der Waals surface area contributed by atoms with Crippen LogP contribution in [0.25, 0.3) is 33.1 Å². The number of ether oxygens (including phenoxy) is 1. The number of nitrogen functional groups attached to an aromatic ring is 1. The largest absolute Gasteiger partial charge is 0.494 e.